The van der Waals surface area contributed by atoms with Crippen LogP contribution in [0.2, 0.25) is 0 Å². The van der Waals surface area contributed by atoms with Gasteiger partial charge in [-0.15, -0.1) is 0 Å². The first kappa shape index (κ1) is 15.6. The van der Waals surface area contributed by atoms with E-state index in [1.165, 1.54) is 0 Å². The number of para-hydroxylation sites is 1. The molecule has 0 saturated carbocycles. The molecule has 0 aliphatic carbocycles. The highest BCUT2D eigenvalue weighted by molar-refractivity contribution is 9.10. The minimum Gasteiger partial charge on any atom is -0.358 e. The lowest BCUT2D eigenvalue weighted by atomic mass is 10.2. The molecule has 3 rings (SSSR count). The van der Waals surface area contributed by atoms with Crippen LogP contribution in [0, 0.1) is 10.1 Å². The highest BCUT2D eigenvalue weighted by atomic mass is 79.9. The fraction of sp³-hybridized carbons (Fsp3) is 0.188. The van der Waals surface area contributed by atoms with Gasteiger partial charge in [-0.2, -0.15) is 5.01 Å². The lowest BCUT2D eigenvalue weighted by Gasteiger charge is -2.28. The van der Waals surface area contributed by atoms with Gasteiger partial charge < -0.3 is 10.1 Å². The van der Waals surface area contributed by atoms with Crippen molar-refractivity contribution in [3.63, 3.8) is 0 Å². The van der Waals surface area contributed by atoms with Crippen LogP contribution in [0.3, 0.4) is 0 Å². The van der Waals surface area contributed by atoms with Gasteiger partial charge in [0.15, 0.2) is 0 Å². The minimum absolute atomic E-state index is 0.0528. The third-order valence-corrected chi connectivity index (χ3v) is 4.20. The fourth-order valence-corrected chi connectivity index (χ4v) is 2.96. The summed E-state index contributed by atoms with van der Waals surface area (Å²) in [6.07, 6.45) is 0. The summed E-state index contributed by atoms with van der Waals surface area (Å²) in [6.45, 7) is 1.35. The van der Waals surface area contributed by atoms with Gasteiger partial charge in [-0.3, -0.25) is 4.90 Å². The normalized spacial score (nSPS) is 15.3. The molecule has 0 bridgehead atoms. The van der Waals surface area contributed by atoms with Crippen LogP contribution in [0.25, 0.3) is 0 Å². The van der Waals surface area contributed by atoms with Crippen LogP contribution >= 0.6 is 15.9 Å². The largest absolute Gasteiger partial charge is 0.378 e. The maximum atomic E-state index is 11.2. The van der Waals surface area contributed by atoms with Crippen LogP contribution in [0.15, 0.2) is 64.2 Å². The van der Waals surface area contributed by atoms with E-state index in [1.54, 1.807) is 5.01 Å². The van der Waals surface area contributed by atoms with E-state index in [-0.39, 0.29) is 12.4 Å². The van der Waals surface area contributed by atoms with E-state index in [1.807, 2.05) is 59.5 Å². The van der Waals surface area contributed by atoms with Crippen molar-refractivity contribution >= 4 is 27.5 Å². The highest BCUT2D eigenvalue weighted by Crippen LogP contribution is 2.27. The van der Waals surface area contributed by atoms with E-state index in [2.05, 4.69) is 21.0 Å². The Labute approximate surface area is 142 Å². The second kappa shape index (κ2) is 6.89. The van der Waals surface area contributed by atoms with Gasteiger partial charge in [0.2, 0.25) is 0 Å². The highest BCUT2D eigenvalue weighted by Gasteiger charge is 2.30. The molecule has 0 aromatic heterocycles. The molecule has 0 amide bonds. The molecular formula is C16H15BrN4O2. The molecule has 23 heavy (non-hydrogen) atoms. The van der Waals surface area contributed by atoms with Gasteiger partial charge in [0, 0.05) is 11.0 Å². The predicted molar refractivity (Wildman–Crippen MR) is 92.8 cm³/mol. The quantitative estimate of drug-likeness (QED) is 0.610. The van der Waals surface area contributed by atoms with E-state index in [4.69, 9.17) is 0 Å². The monoisotopic (exact) mass is 374 g/mol. The van der Waals surface area contributed by atoms with Crippen molar-refractivity contribution in [2.75, 3.05) is 18.2 Å². The van der Waals surface area contributed by atoms with Crippen LogP contribution < -0.4 is 5.01 Å². The summed E-state index contributed by atoms with van der Waals surface area (Å²) in [5.41, 5.74) is 1.92. The average molecular weight is 375 g/mol. The smallest absolute Gasteiger partial charge is 0.358 e. The molecule has 1 aliphatic heterocycles. The van der Waals surface area contributed by atoms with E-state index < -0.39 is 4.92 Å². The van der Waals surface area contributed by atoms with Gasteiger partial charge in [-0.1, -0.05) is 42.5 Å². The lowest BCUT2D eigenvalue weighted by molar-refractivity contribution is -0.354. The summed E-state index contributed by atoms with van der Waals surface area (Å²) in [7, 11) is 0. The van der Waals surface area contributed by atoms with Crippen molar-refractivity contribution in [3.8, 4) is 0 Å². The fourth-order valence-electron chi connectivity index (χ4n) is 2.47. The van der Waals surface area contributed by atoms with Gasteiger partial charge >= 0.3 is 5.84 Å². The SMILES string of the molecule is O=[N+]([O-])C1=NN(c2ccccc2Br)CN(Cc2ccccc2)C1. The summed E-state index contributed by atoms with van der Waals surface area (Å²) in [5.74, 6) is -0.0528. The summed E-state index contributed by atoms with van der Waals surface area (Å²) >= 11 is 3.48. The zero-order chi connectivity index (χ0) is 16.2. The van der Waals surface area contributed by atoms with Crippen LogP contribution in [0.4, 0.5) is 5.69 Å². The number of hydrogen-bond donors (Lipinski definition) is 0. The number of hydrazone groups is 1. The minimum atomic E-state index is -0.416. The first-order valence-electron chi connectivity index (χ1n) is 7.14. The predicted octanol–water partition coefficient (Wildman–Crippen LogP) is 3.32. The van der Waals surface area contributed by atoms with Crippen LogP contribution in [0.5, 0.6) is 0 Å². The molecule has 0 unspecified atom stereocenters. The molecule has 0 atom stereocenters. The molecule has 0 radical (unpaired) electrons. The Morgan fingerprint density at radius 2 is 1.83 bits per heavy atom. The van der Waals surface area contributed by atoms with Crippen molar-refractivity contribution in [1.29, 1.82) is 0 Å². The molecule has 1 heterocycles. The van der Waals surface area contributed by atoms with E-state index in [9.17, 15) is 10.1 Å². The molecule has 0 fully saturated rings. The molecule has 7 heteroatoms. The van der Waals surface area contributed by atoms with E-state index >= 15 is 0 Å². The van der Waals surface area contributed by atoms with Crippen molar-refractivity contribution in [2.24, 2.45) is 5.10 Å². The van der Waals surface area contributed by atoms with Crippen molar-refractivity contribution < 1.29 is 4.92 Å². The average Bonchev–Trinajstić information content (AvgIpc) is 2.56. The molecule has 0 saturated heterocycles. The lowest BCUT2D eigenvalue weighted by Crippen LogP contribution is -2.45. The topological polar surface area (TPSA) is 62.0 Å². The van der Waals surface area contributed by atoms with Crippen LogP contribution in [0.1, 0.15) is 5.56 Å². The molecule has 1 aliphatic rings. The number of benzene rings is 2. The maximum absolute atomic E-state index is 11.2. The van der Waals surface area contributed by atoms with Crippen LogP contribution in [-0.2, 0) is 6.54 Å². The van der Waals surface area contributed by atoms with Crippen molar-refractivity contribution in [2.45, 2.75) is 6.54 Å². The molecular weight excluding hydrogens is 360 g/mol. The zero-order valence-corrected chi connectivity index (χ0v) is 13.9. The Bertz CT molecular complexity index is 736. The van der Waals surface area contributed by atoms with Crippen molar-refractivity contribution in [3.05, 3.63) is 74.7 Å². The molecule has 2 aromatic carbocycles. The summed E-state index contributed by atoms with van der Waals surface area (Å²) in [4.78, 5) is 12.8. The second-order valence-corrected chi connectivity index (χ2v) is 6.09. The Morgan fingerprint density at radius 1 is 1.13 bits per heavy atom. The van der Waals surface area contributed by atoms with Crippen molar-refractivity contribution in [1.82, 2.24) is 4.90 Å². The molecule has 0 N–H and O–H groups in total. The maximum Gasteiger partial charge on any atom is 0.378 e. The number of halogens is 1. The summed E-state index contributed by atoms with van der Waals surface area (Å²) < 4.78 is 0.855. The Hall–Kier alpha value is -2.25. The molecule has 0 spiro atoms. The van der Waals surface area contributed by atoms with Crippen LogP contribution in [-0.4, -0.2) is 28.9 Å². The molecule has 118 valence electrons. The van der Waals surface area contributed by atoms with Gasteiger partial charge in [0.1, 0.15) is 13.2 Å². The Morgan fingerprint density at radius 3 is 2.52 bits per heavy atom. The standard InChI is InChI=1S/C16H15BrN4O2/c17-14-8-4-5-9-15(14)20-12-19(11-16(18-20)21(22)23)10-13-6-2-1-3-7-13/h1-9H,10-12H2. The third-order valence-electron chi connectivity index (χ3n) is 3.53. The first-order valence-corrected chi connectivity index (χ1v) is 7.93. The van der Waals surface area contributed by atoms with Gasteiger partial charge in [-0.05, 0) is 38.5 Å². The third kappa shape index (κ3) is 3.75. The Balaban J connectivity index is 1.86. The van der Waals surface area contributed by atoms with E-state index in [0.29, 0.717) is 13.2 Å². The van der Waals surface area contributed by atoms with Gasteiger partial charge in [-0.25, -0.2) is 0 Å². The number of amidine groups is 1. The van der Waals surface area contributed by atoms with Gasteiger partial charge in [0.05, 0.1) is 10.8 Å². The first-order chi connectivity index (χ1) is 11.1. The molecule has 2 aromatic rings. The molecule has 6 nitrogen and oxygen atoms in total. The zero-order valence-electron chi connectivity index (χ0n) is 12.3. The number of hydrogen-bond acceptors (Lipinski definition) is 5. The Kier molecular flexibility index (Phi) is 4.68. The summed E-state index contributed by atoms with van der Waals surface area (Å²) in [6, 6.07) is 17.5. The van der Waals surface area contributed by atoms with Gasteiger partial charge in [0.25, 0.3) is 0 Å². The number of nitrogens with zero attached hydrogens (tertiary/aromatic N) is 4. The number of rotatable bonds is 3. The summed E-state index contributed by atoms with van der Waals surface area (Å²) in [5, 5.41) is 17.1. The van der Waals surface area contributed by atoms with E-state index in [0.717, 1.165) is 15.7 Å². The second-order valence-electron chi connectivity index (χ2n) is 5.24. The number of anilines is 1. The number of nitro groups is 1.